The van der Waals surface area contributed by atoms with Gasteiger partial charge in [-0.3, -0.25) is 4.79 Å². The Morgan fingerprint density at radius 3 is 2.45 bits per heavy atom. The summed E-state index contributed by atoms with van der Waals surface area (Å²) in [5, 5.41) is 2.75. The number of likely N-dealkylation sites (tertiary alicyclic amines) is 1. The first kappa shape index (κ1) is 24.2. The number of nitrogens with one attached hydrogen (secondary N) is 1. The number of benzene rings is 2. The summed E-state index contributed by atoms with van der Waals surface area (Å²) in [6, 6.07) is 16.5. The molecule has 174 valence electrons. The maximum atomic E-state index is 13.3. The molecule has 0 aliphatic carbocycles. The number of nitrogens with zero attached hydrogens (tertiary/aromatic N) is 1. The van der Waals surface area contributed by atoms with E-state index >= 15 is 0 Å². The molecular weight excluding hydrogens is 416 g/mol. The van der Waals surface area contributed by atoms with Gasteiger partial charge in [-0.2, -0.15) is 0 Å². The number of carbonyl (C=O) groups excluding carboxylic acids is 2. The fourth-order valence-electron chi connectivity index (χ4n) is 3.75. The van der Waals surface area contributed by atoms with E-state index < -0.39 is 17.7 Å². The Balaban J connectivity index is 1.68. The molecule has 6 nitrogen and oxygen atoms in total. The van der Waals surface area contributed by atoms with Gasteiger partial charge in [-0.25, -0.2) is 4.79 Å². The fourth-order valence-corrected chi connectivity index (χ4v) is 3.75. The van der Waals surface area contributed by atoms with Crippen LogP contribution in [0.3, 0.4) is 0 Å². The zero-order valence-electron chi connectivity index (χ0n) is 19.5. The van der Waals surface area contributed by atoms with E-state index in [1.54, 1.807) is 25.7 Å². The largest absolute Gasteiger partial charge is 0.489 e. The van der Waals surface area contributed by atoms with Crippen LogP contribution in [0.4, 0.5) is 4.79 Å². The average molecular weight is 449 g/mol. The van der Waals surface area contributed by atoms with Gasteiger partial charge >= 0.3 is 6.09 Å². The van der Waals surface area contributed by atoms with Crippen molar-refractivity contribution in [2.45, 2.75) is 64.3 Å². The molecule has 1 saturated heterocycles. The quantitative estimate of drug-likeness (QED) is 0.641. The van der Waals surface area contributed by atoms with Gasteiger partial charge in [0.25, 0.3) is 0 Å². The number of alkyl carbamates (subject to hydrolysis) is 1. The molecular formula is C27H32N2O4. The number of hydrogen-bond acceptors (Lipinski definition) is 4. The smallest absolute Gasteiger partial charge is 0.408 e. The highest BCUT2D eigenvalue weighted by Crippen LogP contribution is 2.20. The fraction of sp³-hybridized carbons (Fsp3) is 0.407. The summed E-state index contributed by atoms with van der Waals surface area (Å²) in [4.78, 5) is 27.4. The minimum Gasteiger partial charge on any atom is -0.489 e. The number of hydrogen-bond donors (Lipinski definition) is 1. The molecule has 1 fully saturated rings. The third kappa shape index (κ3) is 7.28. The maximum absolute atomic E-state index is 13.3. The van der Waals surface area contributed by atoms with Crippen LogP contribution in [0.5, 0.6) is 5.75 Å². The molecule has 1 aliphatic heterocycles. The van der Waals surface area contributed by atoms with Gasteiger partial charge < -0.3 is 19.7 Å². The number of ether oxygens (including phenoxy) is 2. The summed E-state index contributed by atoms with van der Waals surface area (Å²) in [6.07, 6.45) is 6.94. The molecule has 2 aromatic carbocycles. The standard InChI is InChI=1S/C27H32N2O4/c1-5-22-12-9-17-29(22)25(30)24(28-26(31)33-27(2,3)4)18-20-13-15-23(16-14-20)32-19-21-10-7-6-8-11-21/h1,6-8,10-11,13-16,22,24H,9,12,17-19H2,2-4H3,(H,28,31)/t22-,24+/m1/s1. The summed E-state index contributed by atoms with van der Waals surface area (Å²) >= 11 is 0. The van der Waals surface area contributed by atoms with Gasteiger partial charge in [0.05, 0.1) is 6.04 Å². The van der Waals surface area contributed by atoms with Crippen molar-refractivity contribution in [3.63, 3.8) is 0 Å². The number of rotatable bonds is 7. The van der Waals surface area contributed by atoms with Gasteiger partial charge in [-0.15, -0.1) is 6.42 Å². The van der Waals surface area contributed by atoms with E-state index in [9.17, 15) is 9.59 Å². The van der Waals surface area contributed by atoms with Crippen LogP contribution < -0.4 is 10.1 Å². The third-order valence-electron chi connectivity index (χ3n) is 5.33. The Morgan fingerprint density at radius 1 is 1.12 bits per heavy atom. The van der Waals surface area contributed by atoms with Gasteiger partial charge in [-0.05, 0) is 56.9 Å². The van der Waals surface area contributed by atoms with E-state index in [4.69, 9.17) is 15.9 Å². The first-order valence-corrected chi connectivity index (χ1v) is 11.3. The molecule has 1 heterocycles. The lowest BCUT2D eigenvalue weighted by Crippen LogP contribution is -2.51. The van der Waals surface area contributed by atoms with E-state index in [-0.39, 0.29) is 11.9 Å². The van der Waals surface area contributed by atoms with E-state index in [1.165, 1.54) is 0 Å². The summed E-state index contributed by atoms with van der Waals surface area (Å²) in [5.74, 6) is 3.23. The highest BCUT2D eigenvalue weighted by Gasteiger charge is 2.34. The van der Waals surface area contributed by atoms with Crippen LogP contribution in [0, 0.1) is 12.3 Å². The van der Waals surface area contributed by atoms with E-state index in [0.29, 0.717) is 19.6 Å². The number of amides is 2. The van der Waals surface area contributed by atoms with Crippen molar-refractivity contribution in [1.82, 2.24) is 10.2 Å². The third-order valence-corrected chi connectivity index (χ3v) is 5.33. The van der Waals surface area contributed by atoms with Crippen LogP contribution in [0.25, 0.3) is 0 Å². The van der Waals surface area contributed by atoms with Crippen LogP contribution in [-0.2, 0) is 22.6 Å². The highest BCUT2D eigenvalue weighted by molar-refractivity contribution is 5.86. The summed E-state index contributed by atoms with van der Waals surface area (Å²) in [7, 11) is 0. The highest BCUT2D eigenvalue weighted by atomic mass is 16.6. The normalized spacial score (nSPS) is 16.5. The lowest BCUT2D eigenvalue weighted by atomic mass is 10.0. The van der Waals surface area contributed by atoms with Crippen molar-refractivity contribution in [2.75, 3.05) is 6.54 Å². The molecule has 2 amide bonds. The second-order valence-electron chi connectivity index (χ2n) is 9.18. The molecule has 2 aromatic rings. The molecule has 0 bridgehead atoms. The minimum absolute atomic E-state index is 0.189. The zero-order chi connectivity index (χ0) is 23.8. The Kier molecular flexibility index (Phi) is 8.00. The summed E-state index contributed by atoms with van der Waals surface area (Å²) in [5.41, 5.74) is 1.32. The molecule has 1 N–H and O–H groups in total. The monoisotopic (exact) mass is 448 g/mol. The van der Waals surface area contributed by atoms with Crippen LogP contribution >= 0.6 is 0 Å². The molecule has 0 saturated carbocycles. The molecule has 0 aromatic heterocycles. The molecule has 6 heteroatoms. The molecule has 1 aliphatic rings. The van der Waals surface area contributed by atoms with E-state index in [1.807, 2.05) is 54.6 Å². The zero-order valence-corrected chi connectivity index (χ0v) is 19.5. The lowest BCUT2D eigenvalue weighted by molar-refractivity contribution is -0.133. The predicted molar refractivity (Wildman–Crippen MR) is 128 cm³/mol. The Hall–Kier alpha value is -3.46. The summed E-state index contributed by atoms with van der Waals surface area (Å²) in [6.45, 7) is 6.42. The van der Waals surface area contributed by atoms with E-state index in [2.05, 4.69) is 11.2 Å². The predicted octanol–water partition coefficient (Wildman–Crippen LogP) is 4.33. The second-order valence-corrected chi connectivity index (χ2v) is 9.18. The van der Waals surface area contributed by atoms with Crippen LogP contribution in [0.15, 0.2) is 54.6 Å². The van der Waals surface area contributed by atoms with Crippen molar-refractivity contribution in [1.29, 1.82) is 0 Å². The maximum Gasteiger partial charge on any atom is 0.408 e. The Bertz CT molecular complexity index is 974. The van der Waals surface area contributed by atoms with E-state index in [0.717, 1.165) is 29.7 Å². The van der Waals surface area contributed by atoms with Crippen LogP contribution in [-0.4, -0.2) is 41.1 Å². The first-order chi connectivity index (χ1) is 15.7. The van der Waals surface area contributed by atoms with Crippen molar-refractivity contribution >= 4 is 12.0 Å². The van der Waals surface area contributed by atoms with Gasteiger partial charge in [0.15, 0.2) is 0 Å². The van der Waals surface area contributed by atoms with Gasteiger partial charge in [-0.1, -0.05) is 48.4 Å². The van der Waals surface area contributed by atoms with Crippen molar-refractivity contribution in [3.8, 4) is 18.1 Å². The number of carbonyl (C=O) groups is 2. The first-order valence-electron chi connectivity index (χ1n) is 11.3. The van der Waals surface area contributed by atoms with Crippen molar-refractivity contribution in [3.05, 3.63) is 65.7 Å². The van der Waals surface area contributed by atoms with Crippen molar-refractivity contribution < 1.29 is 19.1 Å². The summed E-state index contributed by atoms with van der Waals surface area (Å²) < 4.78 is 11.2. The topological polar surface area (TPSA) is 67.9 Å². The minimum atomic E-state index is -0.773. The lowest BCUT2D eigenvalue weighted by Gasteiger charge is -2.28. The van der Waals surface area contributed by atoms with Crippen LogP contribution in [0.1, 0.15) is 44.7 Å². The second kappa shape index (κ2) is 10.9. The van der Waals surface area contributed by atoms with Gasteiger partial charge in [0.2, 0.25) is 5.91 Å². The van der Waals surface area contributed by atoms with Gasteiger partial charge in [0.1, 0.15) is 24.0 Å². The Morgan fingerprint density at radius 2 is 1.82 bits per heavy atom. The SMILES string of the molecule is C#C[C@@H]1CCCN1C(=O)[C@H](Cc1ccc(OCc2ccccc2)cc1)NC(=O)OC(C)(C)C. The molecule has 0 unspecified atom stereocenters. The van der Waals surface area contributed by atoms with Crippen LogP contribution in [0.2, 0.25) is 0 Å². The Labute approximate surface area is 196 Å². The average Bonchev–Trinajstić information content (AvgIpc) is 3.26. The molecule has 33 heavy (non-hydrogen) atoms. The number of terminal acetylenes is 1. The van der Waals surface area contributed by atoms with Gasteiger partial charge in [0, 0.05) is 13.0 Å². The molecule has 3 rings (SSSR count). The molecule has 0 radical (unpaired) electrons. The molecule has 0 spiro atoms. The molecule has 2 atom stereocenters. The van der Waals surface area contributed by atoms with Crippen molar-refractivity contribution in [2.24, 2.45) is 0 Å².